The van der Waals surface area contributed by atoms with Crippen LogP contribution < -0.4 is 45.1 Å². The Hall–Kier alpha value is 0.620. The average Bonchev–Trinajstić information content (AvgIpc) is 2.46. The van der Waals surface area contributed by atoms with Gasteiger partial charge in [-0.05, 0) is 110 Å². The molecule has 0 amide bonds. The van der Waals surface area contributed by atoms with E-state index in [2.05, 4.69) is 45.2 Å². The summed E-state index contributed by atoms with van der Waals surface area (Å²) in [5.41, 5.74) is 6.33. The normalized spacial score (nSPS) is 11.0. The van der Waals surface area contributed by atoms with Gasteiger partial charge in [-0.1, -0.05) is 0 Å². The number of hydrogen-bond acceptors (Lipinski definition) is 5. The van der Waals surface area contributed by atoms with Crippen LogP contribution in [0.3, 0.4) is 0 Å². The molecule has 0 radical (unpaired) electrons. The average molecular weight is 691 g/mol. The quantitative estimate of drug-likeness (QED) is 0.301. The maximum absolute atomic E-state index is 10.8. The molecule has 0 bridgehead atoms. The first-order chi connectivity index (χ1) is 10.8. The zero-order chi connectivity index (χ0) is 17.1. The molecule has 6 nitrogen and oxygen atoms in total. The van der Waals surface area contributed by atoms with Crippen molar-refractivity contribution in [3.05, 3.63) is 46.6 Å². The van der Waals surface area contributed by atoms with E-state index in [-0.39, 0.29) is 47.2 Å². The van der Waals surface area contributed by atoms with E-state index in [1.54, 1.807) is 18.2 Å². The summed E-state index contributed by atoms with van der Waals surface area (Å²) in [7, 11) is 0. The molecular formula is C15H13I3NNaO5. The number of aliphatic carboxylic acids is 1. The second-order valence-corrected chi connectivity index (χ2v) is 8.22. The van der Waals surface area contributed by atoms with Crippen LogP contribution in [0.5, 0.6) is 17.2 Å². The number of carboxylic acid groups (broad SMARTS) is 1. The fourth-order valence-electron chi connectivity index (χ4n) is 1.83. The van der Waals surface area contributed by atoms with E-state index < -0.39 is 12.0 Å². The second-order valence-electron chi connectivity index (χ2n) is 4.73. The Labute approximate surface area is 207 Å². The van der Waals surface area contributed by atoms with Crippen LogP contribution in [0.25, 0.3) is 0 Å². The molecule has 0 saturated carbocycles. The van der Waals surface area contributed by atoms with E-state index in [4.69, 9.17) is 10.5 Å². The molecule has 0 aromatic heterocycles. The number of carbonyl (C=O) groups excluding carboxylic acids is 1. The van der Waals surface area contributed by atoms with E-state index in [0.29, 0.717) is 15.1 Å². The zero-order valence-corrected chi connectivity index (χ0v) is 21.5. The third-order valence-corrected chi connectivity index (χ3v) is 5.42. The minimum Gasteiger partial charge on any atom is -0.548 e. The predicted octanol–water partition coefficient (Wildman–Crippen LogP) is -1.20. The molecule has 1 atom stereocenters. The molecule has 2 aromatic rings. The third kappa shape index (κ3) is 7.27. The molecule has 2 aromatic carbocycles. The summed E-state index contributed by atoms with van der Waals surface area (Å²) in [6.07, 6.45) is 0.200. The van der Waals surface area contributed by atoms with Crippen molar-refractivity contribution in [3.63, 3.8) is 0 Å². The van der Waals surface area contributed by atoms with Crippen molar-refractivity contribution in [2.45, 2.75) is 12.5 Å². The number of nitrogens with two attached hydrogens (primary N) is 1. The maximum Gasteiger partial charge on any atom is 1.00 e. The maximum atomic E-state index is 10.8. The Morgan fingerprint density at radius 1 is 1.16 bits per heavy atom. The molecule has 25 heavy (non-hydrogen) atoms. The Bertz CT molecular complexity index is 737. The van der Waals surface area contributed by atoms with Crippen molar-refractivity contribution in [3.8, 4) is 17.2 Å². The van der Waals surface area contributed by atoms with Gasteiger partial charge in [0.05, 0.1) is 16.7 Å². The minimum absolute atomic E-state index is 0. The second kappa shape index (κ2) is 11.5. The van der Waals surface area contributed by atoms with Crippen LogP contribution in [-0.2, 0) is 11.2 Å². The van der Waals surface area contributed by atoms with Crippen molar-refractivity contribution >= 4 is 73.7 Å². The van der Waals surface area contributed by atoms with Gasteiger partial charge in [0.25, 0.3) is 0 Å². The fourth-order valence-corrected chi connectivity index (χ4v) is 4.44. The van der Waals surface area contributed by atoms with Gasteiger partial charge in [-0.3, -0.25) is 0 Å². The van der Waals surface area contributed by atoms with Crippen LogP contribution in [0, 0.1) is 10.7 Å². The number of carbonyl (C=O) groups is 1. The first kappa shape index (κ1) is 25.6. The summed E-state index contributed by atoms with van der Waals surface area (Å²) in [6, 6.07) is 7.64. The number of phenolic OH excluding ortho intramolecular Hbond substituents is 1. The van der Waals surface area contributed by atoms with Gasteiger partial charge in [-0.25, -0.2) is 0 Å². The number of aromatic hydroxyl groups is 1. The molecule has 0 fully saturated rings. The Morgan fingerprint density at radius 2 is 1.72 bits per heavy atom. The molecule has 0 aliphatic carbocycles. The SMILES string of the molecule is N[C@H](Cc1cc(I)c(Oc2ccc(O)c(I)c2)c(I)c1)C(=O)[O-].O.[Na+]. The number of hydrogen-bond donors (Lipinski definition) is 2. The Kier molecular flexibility index (Phi) is 11.7. The van der Waals surface area contributed by atoms with Gasteiger partial charge in [0.1, 0.15) is 11.5 Å². The first-order valence-electron chi connectivity index (χ1n) is 6.38. The third-order valence-electron chi connectivity index (χ3n) is 2.96. The van der Waals surface area contributed by atoms with Crippen LogP contribution in [-0.4, -0.2) is 22.6 Å². The van der Waals surface area contributed by atoms with E-state index >= 15 is 0 Å². The van der Waals surface area contributed by atoms with E-state index in [9.17, 15) is 15.0 Å². The topological polar surface area (TPSA) is 127 Å². The largest absolute Gasteiger partial charge is 1.00 e. The van der Waals surface area contributed by atoms with Crippen LogP contribution >= 0.6 is 67.8 Å². The van der Waals surface area contributed by atoms with Crippen LogP contribution in [0.4, 0.5) is 0 Å². The standard InChI is InChI=1S/C15H12I3NO4.Na.H2O/c16-9-6-8(1-2-13(9)20)23-14-10(17)3-7(4-11(14)18)5-12(19)15(21)22;;/h1-4,6,12,20H,5,19H2,(H,21,22);;1H2/q;+1;/p-1/t12-;;/m1../s1. The van der Waals surface area contributed by atoms with Gasteiger partial charge >= 0.3 is 29.6 Å². The number of halogens is 3. The minimum atomic E-state index is -1.27. The predicted molar refractivity (Wildman–Crippen MR) is 113 cm³/mol. The van der Waals surface area contributed by atoms with Crippen LogP contribution in [0.15, 0.2) is 30.3 Å². The number of rotatable bonds is 5. The molecule has 0 spiro atoms. The summed E-state index contributed by atoms with van der Waals surface area (Å²) in [6.45, 7) is 0. The fraction of sp³-hybridized carbons (Fsp3) is 0.133. The van der Waals surface area contributed by atoms with Crippen LogP contribution in [0.1, 0.15) is 5.56 Å². The van der Waals surface area contributed by atoms with Crippen molar-refractivity contribution in [2.24, 2.45) is 5.73 Å². The Balaban J connectivity index is 0.00000288. The Morgan fingerprint density at radius 3 is 2.20 bits per heavy atom. The van der Waals surface area contributed by atoms with Gasteiger partial charge in [-0.15, -0.1) is 0 Å². The summed E-state index contributed by atoms with van der Waals surface area (Å²) < 4.78 is 8.28. The molecule has 0 aliphatic heterocycles. The summed E-state index contributed by atoms with van der Waals surface area (Å²) in [5.74, 6) is 0.226. The first-order valence-corrected chi connectivity index (χ1v) is 9.62. The summed E-state index contributed by atoms with van der Waals surface area (Å²) >= 11 is 6.29. The van der Waals surface area contributed by atoms with Gasteiger partial charge in [0.2, 0.25) is 0 Å². The summed E-state index contributed by atoms with van der Waals surface area (Å²) in [5, 5.41) is 20.3. The molecule has 0 saturated heterocycles. The van der Waals surface area contributed by atoms with Crippen molar-refractivity contribution in [1.29, 1.82) is 0 Å². The van der Waals surface area contributed by atoms with E-state index in [1.165, 1.54) is 0 Å². The summed E-state index contributed by atoms with van der Waals surface area (Å²) in [4.78, 5) is 10.8. The number of phenols is 1. The molecule has 2 rings (SSSR count). The number of ether oxygens (including phenoxy) is 1. The monoisotopic (exact) mass is 691 g/mol. The zero-order valence-electron chi connectivity index (χ0n) is 13.1. The van der Waals surface area contributed by atoms with E-state index in [0.717, 1.165) is 12.7 Å². The molecule has 0 unspecified atom stereocenters. The van der Waals surface area contributed by atoms with Crippen molar-refractivity contribution < 1.29 is 54.8 Å². The molecule has 130 valence electrons. The van der Waals surface area contributed by atoms with Crippen molar-refractivity contribution in [2.75, 3.05) is 0 Å². The van der Waals surface area contributed by atoms with E-state index in [1.807, 2.05) is 34.7 Å². The van der Waals surface area contributed by atoms with Crippen molar-refractivity contribution in [1.82, 2.24) is 0 Å². The van der Waals surface area contributed by atoms with Crippen LogP contribution in [0.2, 0.25) is 0 Å². The van der Waals surface area contributed by atoms with Gasteiger partial charge in [-0.2, -0.15) is 0 Å². The molecule has 0 heterocycles. The van der Waals surface area contributed by atoms with Gasteiger partial charge in [0.15, 0.2) is 5.75 Å². The smallest absolute Gasteiger partial charge is 0.548 e. The number of benzene rings is 2. The molecule has 10 heteroatoms. The number of carboxylic acids is 1. The molecule has 5 N–H and O–H groups in total. The molecular weight excluding hydrogens is 678 g/mol. The molecule has 0 aliphatic rings. The van der Waals surface area contributed by atoms with Gasteiger partial charge in [0, 0.05) is 6.04 Å². The van der Waals surface area contributed by atoms with Gasteiger partial charge < -0.3 is 31.0 Å².